The minimum absolute atomic E-state index is 0.0737. The Hall–Kier alpha value is -1.30. The Bertz CT molecular complexity index is 471. The van der Waals surface area contributed by atoms with Crippen molar-refractivity contribution in [1.82, 2.24) is 14.9 Å². The number of nitrogens with zero attached hydrogens (tertiary/aromatic N) is 3. The van der Waals surface area contributed by atoms with Gasteiger partial charge in [-0.15, -0.1) is 0 Å². The Labute approximate surface area is 111 Å². The van der Waals surface area contributed by atoms with Gasteiger partial charge < -0.3 is 10.6 Å². The van der Waals surface area contributed by atoms with Crippen LogP contribution in [0, 0.1) is 6.92 Å². The highest BCUT2D eigenvalue weighted by Crippen LogP contribution is 2.39. The maximum Gasteiger partial charge on any atom is 0.232 e. The molecule has 0 saturated heterocycles. The molecule has 1 saturated carbocycles. The van der Waals surface area contributed by atoms with Crippen LogP contribution in [0.2, 0.25) is 0 Å². The van der Waals surface area contributed by atoms with E-state index < -0.39 is 0 Å². The predicted octanol–water partition coefficient (Wildman–Crippen LogP) is 1.42. The van der Waals surface area contributed by atoms with E-state index in [0.717, 1.165) is 29.3 Å². The number of nitrogens with two attached hydrogens (primary N) is 1. The molecule has 1 aliphatic carbocycles. The van der Waals surface area contributed by atoms with E-state index in [1.807, 2.05) is 6.92 Å². The van der Waals surface area contributed by atoms with Gasteiger partial charge >= 0.3 is 0 Å². The lowest BCUT2D eigenvalue weighted by molar-refractivity contribution is -0.125. The fourth-order valence-electron chi connectivity index (χ4n) is 1.45. The van der Waals surface area contributed by atoms with E-state index >= 15 is 0 Å². The molecule has 5 nitrogen and oxygen atoms in total. The summed E-state index contributed by atoms with van der Waals surface area (Å²) >= 11 is 1.43. The molecule has 0 atom stereocenters. The predicted molar refractivity (Wildman–Crippen MR) is 72.6 cm³/mol. The number of aromatic nitrogens is 2. The van der Waals surface area contributed by atoms with Gasteiger partial charge in [-0.25, -0.2) is 9.97 Å². The van der Waals surface area contributed by atoms with Crippen LogP contribution in [0.25, 0.3) is 0 Å². The lowest BCUT2D eigenvalue weighted by atomic mass is 10.3. The first kappa shape index (κ1) is 13.1. The zero-order valence-corrected chi connectivity index (χ0v) is 11.8. The Morgan fingerprint density at radius 2 is 2.11 bits per heavy atom. The number of carbonyl (C=O) groups is 1. The zero-order chi connectivity index (χ0) is 13.3. The molecule has 6 heteroatoms. The number of thioether (sulfide) groups is 1. The molecule has 18 heavy (non-hydrogen) atoms. The summed E-state index contributed by atoms with van der Waals surface area (Å²) in [5.74, 6) is 2.29. The molecule has 0 bridgehead atoms. The molecule has 1 aromatic rings. The summed E-state index contributed by atoms with van der Waals surface area (Å²) in [6.45, 7) is 1.90. The van der Waals surface area contributed by atoms with Crippen LogP contribution in [0.4, 0.5) is 5.82 Å². The fraction of sp³-hybridized carbons (Fsp3) is 0.583. The molecule has 1 heterocycles. The second-order valence-electron chi connectivity index (χ2n) is 4.75. The minimum Gasteiger partial charge on any atom is -0.383 e. The third-order valence-corrected chi connectivity index (χ3v) is 3.99. The van der Waals surface area contributed by atoms with Gasteiger partial charge in [-0.3, -0.25) is 4.79 Å². The number of hydrogen-bond acceptors (Lipinski definition) is 5. The van der Waals surface area contributed by atoms with Crippen molar-refractivity contribution in [3.63, 3.8) is 0 Å². The second-order valence-corrected chi connectivity index (χ2v) is 5.71. The normalized spacial score (nSPS) is 14.6. The molecule has 1 aliphatic rings. The van der Waals surface area contributed by atoms with Gasteiger partial charge in [-0.05, 0) is 19.8 Å². The smallest absolute Gasteiger partial charge is 0.232 e. The number of hydrogen-bond donors (Lipinski definition) is 1. The van der Waals surface area contributed by atoms with Crippen LogP contribution in [0.1, 0.15) is 30.1 Å². The van der Waals surface area contributed by atoms with Crippen molar-refractivity contribution in [2.24, 2.45) is 0 Å². The molecule has 1 amide bonds. The summed E-state index contributed by atoms with van der Waals surface area (Å²) in [4.78, 5) is 22.0. The van der Waals surface area contributed by atoms with Crippen LogP contribution in [0.3, 0.4) is 0 Å². The summed E-state index contributed by atoms with van der Waals surface area (Å²) < 4.78 is 0. The number of anilines is 1. The molecule has 1 fully saturated rings. The first-order valence-electron chi connectivity index (χ1n) is 5.96. The van der Waals surface area contributed by atoms with Crippen molar-refractivity contribution in [2.75, 3.05) is 25.6 Å². The zero-order valence-electron chi connectivity index (χ0n) is 10.9. The second kappa shape index (κ2) is 5.14. The quantitative estimate of drug-likeness (QED) is 0.659. The Morgan fingerprint density at radius 1 is 1.44 bits per heavy atom. The molecule has 0 unspecified atom stereocenters. The summed E-state index contributed by atoms with van der Waals surface area (Å²) in [6.07, 6.45) is 2.28. The summed E-state index contributed by atoms with van der Waals surface area (Å²) in [7, 11) is 3.50. The van der Waals surface area contributed by atoms with Crippen LogP contribution >= 0.6 is 11.8 Å². The van der Waals surface area contributed by atoms with E-state index in [4.69, 9.17) is 5.73 Å². The molecule has 2 rings (SSSR count). The number of carbonyl (C=O) groups excluding carboxylic acids is 1. The standard InChI is InChI=1S/C12H18N4OS/c1-7-10(13)14-11(8-4-5-8)15-12(7)18-6-9(17)16(2)3/h8H,4-6H2,1-3H3,(H2,13,14,15). The molecule has 0 aromatic carbocycles. The first-order valence-corrected chi connectivity index (χ1v) is 6.94. The highest BCUT2D eigenvalue weighted by molar-refractivity contribution is 7.99. The van der Waals surface area contributed by atoms with Crippen molar-refractivity contribution in [3.8, 4) is 0 Å². The average molecular weight is 266 g/mol. The van der Waals surface area contributed by atoms with Crippen molar-refractivity contribution >= 4 is 23.5 Å². The Balaban J connectivity index is 2.13. The van der Waals surface area contributed by atoms with Gasteiger partial charge in [0.2, 0.25) is 5.91 Å². The van der Waals surface area contributed by atoms with Crippen molar-refractivity contribution in [1.29, 1.82) is 0 Å². The van der Waals surface area contributed by atoms with Gasteiger partial charge in [0.1, 0.15) is 16.7 Å². The molecule has 98 valence electrons. The van der Waals surface area contributed by atoms with E-state index in [1.54, 1.807) is 19.0 Å². The lowest BCUT2D eigenvalue weighted by Crippen LogP contribution is -2.23. The van der Waals surface area contributed by atoms with Crippen molar-refractivity contribution < 1.29 is 4.79 Å². The fourth-order valence-corrected chi connectivity index (χ4v) is 2.45. The van der Waals surface area contributed by atoms with E-state index in [0.29, 0.717) is 17.5 Å². The Kier molecular flexibility index (Phi) is 3.75. The van der Waals surface area contributed by atoms with Crippen molar-refractivity contribution in [2.45, 2.75) is 30.7 Å². The average Bonchev–Trinajstić information content (AvgIpc) is 3.14. The Morgan fingerprint density at radius 3 is 2.67 bits per heavy atom. The maximum atomic E-state index is 11.6. The lowest BCUT2D eigenvalue weighted by Gasteiger charge is -2.11. The molecular formula is C12H18N4OS. The SMILES string of the molecule is Cc1c(N)nc(C2CC2)nc1SCC(=O)N(C)C. The molecule has 2 N–H and O–H groups in total. The molecule has 0 radical (unpaired) electrons. The van der Waals surface area contributed by atoms with Gasteiger partial charge in [-0.1, -0.05) is 11.8 Å². The van der Waals surface area contributed by atoms with Crippen LogP contribution in [0.15, 0.2) is 5.03 Å². The van der Waals surface area contributed by atoms with E-state index in [9.17, 15) is 4.79 Å². The molecule has 0 spiro atoms. The highest BCUT2D eigenvalue weighted by Gasteiger charge is 2.28. The summed E-state index contributed by atoms with van der Waals surface area (Å²) in [5, 5.41) is 0.833. The maximum absolute atomic E-state index is 11.6. The summed E-state index contributed by atoms with van der Waals surface area (Å²) in [6, 6.07) is 0. The highest BCUT2D eigenvalue weighted by atomic mass is 32.2. The van der Waals surface area contributed by atoms with Crippen LogP contribution in [-0.4, -0.2) is 40.6 Å². The topological polar surface area (TPSA) is 72.1 Å². The van der Waals surface area contributed by atoms with E-state index in [2.05, 4.69) is 9.97 Å². The number of rotatable bonds is 4. The van der Waals surface area contributed by atoms with Gasteiger partial charge in [0.05, 0.1) is 5.75 Å². The first-order chi connectivity index (χ1) is 8.49. The largest absolute Gasteiger partial charge is 0.383 e. The third-order valence-electron chi connectivity index (χ3n) is 2.93. The van der Waals surface area contributed by atoms with E-state index in [1.165, 1.54) is 11.8 Å². The van der Waals surface area contributed by atoms with Gasteiger partial charge in [-0.2, -0.15) is 0 Å². The molecule has 1 aromatic heterocycles. The van der Waals surface area contributed by atoms with Crippen molar-refractivity contribution in [3.05, 3.63) is 11.4 Å². The molecule has 0 aliphatic heterocycles. The summed E-state index contributed by atoms with van der Waals surface area (Å²) in [5.41, 5.74) is 6.76. The van der Waals surface area contributed by atoms with Crippen LogP contribution < -0.4 is 5.73 Å². The monoisotopic (exact) mass is 266 g/mol. The number of nitrogen functional groups attached to an aromatic ring is 1. The van der Waals surface area contributed by atoms with Gasteiger partial charge in [0.15, 0.2) is 0 Å². The van der Waals surface area contributed by atoms with Crippen LogP contribution in [-0.2, 0) is 4.79 Å². The van der Waals surface area contributed by atoms with Gasteiger partial charge in [0.25, 0.3) is 0 Å². The molecular weight excluding hydrogens is 248 g/mol. The van der Waals surface area contributed by atoms with Crippen LogP contribution in [0.5, 0.6) is 0 Å². The van der Waals surface area contributed by atoms with Gasteiger partial charge in [0, 0.05) is 25.6 Å². The minimum atomic E-state index is 0.0737. The third kappa shape index (κ3) is 2.93. The number of amides is 1. The van der Waals surface area contributed by atoms with E-state index in [-0.39, 0.29) is 5.91 Å².